The molecule has 4 aromatic rings. The highest BCUT2D eigenvalue weighted by Crippen LogP contribution is 2.24. The molecule has 0 aliphatic carbocycles. The lowest BCUT2D eigenvalue weighted by Gasteiger charge is -2.09. The van der Waals surface area contributed by atoms with Crippen LogP contribution < -0.4 is 10.0 Å². The highest BCUT2D eigenvalue weighted by molar-refractivity contribution is 7.92. The zero-order chi connectivity index (χ0) is 21.1. The van der Waals surface area contributed by atoms with Gasteiger partial charge in [-0.15, -0.1) is 16.4 Å². The molecule has 30 heavy (non-hydrogen) atoms. The molecule has 8 nitrogen and oxygen atoms in total. The van der Waals surface area contributed by atoms with Crippen LogP contribution in [0.1, 0.15) is 15.9 Å². The number of anilines is 2. The third-order valence-electron chi connectivity index (χ3n) is 4.11. The molecular formula is C20H16N4O4S2. The molecule has 4 rings (SSSR count). The summed E-state index contributed by atoms with van der Waals surface area (Å²) in [4.78, 5) is 13.3. The van der Waals surface area contributed by atoms with E-state index in [-0.39, 0.29) is 10.9 Å². The van der Waals surface area contributed by atoms with Gasteiger partial charge in [-0.3, -0.25) is 14.8 Å². The molecule has 2 aromatic carbocycles. The third kappa shape index (κ3) is 4.39. The van der Waals surface area contributed by atoms with E-state index in [0.717, 1.165) is 10.4 Å². The van der Waals surface area contributed by atoms with E-state index in [4.69, 9.17) is 4.42 Å². The predicted molar refractivity (Wildman–Crippen MR) is 114 cm³/mol. The van der Waals surface area contributed by atoms with E-state index in [1.54, 1.807) is 12.1 Å². The van der Waals surface area contributed by atoms with Crippen LogP contribution in [-0.4, -0.2) is 24.5 Å². The summed E-state index contributed by atoms with van der Waals surface area (Å²) in [6.07, 6.45) is 0. The number of amides is 1. The summed E-state index contributed by atoms with van der Waals surface area (Å²) in [5.41, 5.74) is 1.61. The fraction of sp³-hybridized carbons (Fsp3) is 0.0500. The standard InChI is InChI=1S/C20H16N4O4S2/c1-13-4-10-16(11-5-13)30(26,27)24-15-8-6-14(7-9-15)18(25)21-20-23-22-19(28-20)17-3-2-12-29-17/h2-12,24H,1H3,(H,21,23,25). The van der Waals surface area contributed by atoms with Gasteiger partial charge in [0.25, 0.3) is 21.8 Å². The Kier molecular flexibility index (Phi) is 5.34. The summed E-state index contributed by atoms with van der Waals surface area (Å²) in [5.74, 6) is -0.134. The topological polar surface area (TPSA) is 114 Å². The highest BCUT2D eigenvalue weighted by atomic mass is 32.2. The molecule has 2 aromatic heterocycles. The minimum absolute atomic E-state index is 0.0208. The van der Waals surface area contributed by atoms with Gasteiger partial charge >= 0.3 is 6.01 Å². The normalized spacial score (nSPS) is 11.2. The second kappa shape index (κ2) is 8.09. The van der Waals surface area contributed by atoms with Gasteiger partial charge in [0.2, 0.25) is 0 Å². The van der Waals surface area contributed by atoms with Crippen molar-refractivity contribution in [3.05, 3.63) is 77.2 Å². The Bertz CT molecular complexity index is 1260. The minimum Gasteiger partial charge on any atom is -0.402 e. The van der Waals surface area contributed by atoms with Crippen LogP contribution in [0, 0.1) is 6.92 Å². The average molecular weight is 441 g/mol. The molecule has 0 saturated carbocycles. The number of hydrogen-bond donors (Lipinski definition) is 2. The van der Waals surface area contributed by atoms with Gasteiger partial charge < -0.3 is 4.42 Å². The quantitative estimate of drug-likeness (QED) is 0.465. The van der Waals surface area contributed by atoms with Crippen molar-refractivity contribution < 1.29 is 17.6 Å². The Morgan fingerprint density at radius 1 is 1.00 bits per heavy atom. The van der Waals surface area contributed by atoms with Gasteiger partial charge in [0, 0.05) is 11.3 Å². The van der Waals surface area contributed by atoms with Crippen molar-refractivity contribution in [3.63, 3.8) is 0 Å². The summed E-state index contributed by atoms with van der Waals surface area (Å²) >= 11 is 1.44. The largest absolute Gasteiger partial charge is 0.402 e. The van der Waals surface area contributed by atoms with Crippen molar-refractivity contribution in [3.8, 4) is 10.8 Å². The molecule has 0 saturated heterocycles. The number of aryl methyl sites for hydroxylation is 1. The van der Waals surface area contributed by atoms with E-state index in [1.165, 1.54) is 47.7 Å². The minimum atomic E-state index is -3.71. The number of aromatic nitrogens is 2. The fourth-order valence-electron chi connectivity index (χ4n) is 2.56. The average Bonchev–Trinajstić information content (AvgIpc) is 3.40. The van der Waals surface area contributed by atoms with Crippen LogP contribution in [-0.2, 0) is 10.0 Å². The zero-order valence-corrected chi connectivity index (χ0v) is 17.3. The Morgan fingerprint density at radius 3 is 2.40 bits per heavy atom. The second-order valence-corrected chi connectivity index (χ2v) is 8.97. The molecule has 0 unspecified atom stereocenters. The van der Waals surface area contributed by atoms with Crippen LogP contribution >= 0.6 is 11.3 Å². The molecule has 0 bridgehead atoms. The van der Waals surface area contributed by atoms with Gasteiger partial charge in [-0.2, -0.15) is 0 Å². The molecule has 0 spiro atoms. The van der Waals surface area contributed by atoms with E-state index < -0.39 is 15.9 Å². The van der Waals surface area contributed by atoms with Gasteiger partial charge in [0.1, 0.15) is 0 Å². The number of nitrogens with one attached hydrogen (secondary N) is 2. The number of nitrogens with zero attached hydrogens (tertiary/aromatic N) is 2. The molecule has 2 heterocycles. The number of benzene rings is 2. The van der Waals surface area contributed by atoms with Crippen LogP contribution in [0.15, 0.2) is 75.4 Å². The number of hydrogen-bond acceptors (Lipinski definition) is 7. The number of carbonyl (C=O) groups excluding carboxylic acids is 1. The highest BCUT2D eigenvalue weighted by Gasteiger charge is 2.16. The summed E-state index contributed by atoms with van der Waals surface area (Å²) < 4.78 is 32.8. The van der Waals surface area contributed by atoms with Crippen molar-refractivity contribution in [2.24, 2.45) is 0 Å². The van der Waals surface area contributed by atoms with Gasteiger partial charge in [-0.05, 0) is 54.8 Å². The summed E-state index contributed by atoms with van der Waals surface area (Å²) in [6, 6.07) is 16.2. The number of rotatable bonds is 6. The maximum atomic E-state index is 12.5. The van der Waals surface area contributed by atoms with Gasteiger partial charge in [-0.1, -0.05) is 28.9 Å². The molecule has 2 N–H and O–H groups in total. The van der Waals surface area contributed by atoms with Crippen LogP contribution in [0.2, 0.25) is 0 Å². The Balaban J connectivity index is 1.43. The second-order valence-electron chi connectivity index (χ2n) is 6.34. The van der Waals surface area contributed by atoms with Crippen molar-refractivity contribution in [2.45, 2.75) is 11.8 Å². The number of carbonyl (C=O) groups is 1. The van der Waals surface area contributed by atoms with Crippen molar-refractivity contribution in [1.82, 2.24) is 10.2 Å². The first-order valence-electron chi connectivity index (χ1n) is 8.79. The Hall–Kier alpha value is -3.50. The molecule has 0 atom stereocenters. The van der Waals surface area contributed by atoms with E-state index in [2.05, 4.69) is 20.2 Å². The molecule has 0 aliphatic heterocycles. The molecule has 0 aliphatic rings. The monoisotopic (exact) mass is 440 g/mol. The molecule has 152 valence electrons. The maximum Gasteiger partial charge on any atom is 0.322 e. The summed E-state index contributed by atoms with van der Waals surface area (Å²) in [6.45, 7) is 1.88. The molecule has 0 radical (unpaired) electrons. The van der Waals surface area contributed by atoms with Crippen LogP contribution in [0.5, 0.6) is 0 Å². The van der Waals surface area contributed by atoms with Gasteiger partial charge in [0.05, 0.1) is 9.77 Å². The Morgan fingerprint density at radius 2 is 1.73 bits per heavy atom. The smallest absolute Gasteiger partial charge is 0.322 e. The number of sulfonamides is 1. The van der Waals surface area contributed by atoms with E-state index in [0.29, 0.717) is 17.1 Å². The fourth-order valence-corrected chi connectivity index (χ4v) is 4.27. The van der Waals surface area contributed by atoms with E-state index in [9.17, 15) is 13.2 Å². The molecule has 10 heteroatoms. The number of thiophene rings is 1. The van der Waals surface area contributed by atoms with Crippen molar-refractivity contribution in [1.29, 1.82) is 0 Å². The van der Waals surface area contributed by atoms with Gasteiger partial charge in [0.15, 0.2) is 0 Å². The van der Waals surface area contributed by atoms with Gasteiger partial charge in [-0.25, -0.2) is 8.42 Å². The van der Waals surface area contributed by atoms with Crippen molar-refractivity contribution in [2.75, 3.05) is 10.0 Å². The van der Waals surface area contributed by atoms with Crippen LogP contribution in [0.4, 0.5) is 11.7 Å². The first kappa shape index (κ1) is 19.8. The third-order valence-corrected chi connectivity index (χ3v) is 6.36. The maximum absolute atomic E-state index is 12.5. The summed E-state index contributed by atoms with van der Waals surface area (Å²) in [7, 11) is -3.71. The van der Waals surface area contributed by atoms with Crippen LogP contribution in [0.3, 0.4) is 0 Å². The first-order chi connectivity index (χ1) is 14.4. The molecule has 0 fully saturated rings. The molecule has 1 amide bonds. The summed E-state index contributed by atoms with van der Waals surface area (Å²) in [5, 5.41) is 12.1. The lowest BCUT2D eigenvalue weighted by Crippen LogP contribution is -2.14. The van der Waals surface area contributed by atoms with E-state index in [1.807, 2.05) is 24.4 Å². The SMILES string of the molecule is Cc1ccc(S(=O)(=O)Nc2ccc(C(=O)Nc3nnc(-c4cccs4)o3)cc2)cc1. The van der Waals surface area contributed by atoms with E-state index >= 15 is 0 Å². The Labute approximate surface area is 176 Å². The lowest BCUT2D eigenvalue weighted by atomic mass is 10.2. The lowest BCUT2D eigenvalue weighted by molar-refractivity contribution is 0.102. The zero-order valence-electron chi connectivity index (χ0n) is 15.7. The molecular weight excluding hydrogens is 424 g/mol. The van der Waals surface area contributed by atoms with Crippen molar-refractivity contribution >= 4 is 39.0 Å². The first-order valence-corrected chi connectivity index (χ1v) is 11.2. The van der Waals surface area contributed by atoms with Crippen LogP contribution in [0.25, 0.3) is 10.8 Å². The predicted octanol–water partition coefficient (Wildman–Crippen LogP) is 4.16.